The standard InChI is InChI=1S/C3H9O10P3/c1-9-14(11-3-4)12-16(7,8)13-15(5,6)10-2/h2,4H,3H2,1H3,(H,5,6)(H,7,8). The van der Waals surface area contributed by atoms with Crippen LogP contribution in [0.25, 0.3) is 0 Å². The lowest BCUT2D eigenvalue weighted by molar-refractivity contribution is 0.0786. The molecule has 0 aromatic rings. The van der Waals surface area contributed by atoms with Crippen LogP contribution in [0.4, 0.5) is 0 Å². The number of aliphatic hydroxyl groups is 1. The summed E-state index contributed by atoms with van der Waals surface area (Å²) in [6.45, 7) is -0.857. The summed E-state index contributed by atoms with van der Waals surface area (Å²) in [7, 11) is -6.96. The van der Waals surface area contributed by atoms with E-state index < -0.39 is 31.0 Å². The number of rotatable bonds is 8. The van der Waals surface area contributed by atoms with Crippen molar-refractivity contribution >= 4 is 24.2 Å². The minimum absolute atomic E-state index is 0.857. The van der Waals surface area contributed by atoms with Crippen LogP contribution in [-0.4, -0.2) is 28.8 Å². The van der Waals surface area contributed by atoms with Gasteiger partial charge in [-0.05, 0) is 0 Å². The topological polar surface area (TPSA) is 141 Å². The first kappa shape index (κ1) is 16.6. The fourth-order valence-corrected chi connectivity index (χ4v) is 3.32. The maximum atomic E-state index is 11.1. The Bertz CT molecular complexity index is 291. The highest BCUT2D eigenvalue weighted by atomic mass is 31.3. The summed E-state index contributed by atoms with van der Waals surface area (Å²) in [6, 6.07) is 0. The summed E-state index contributed by atoms with van der Waals surface area (Å²) in [6.07, 6.45) is 0. The molecule has 0 rings (SSSR count). The van der Waals surface area contributed by atoms with Crippen LogP contribution in [0.2, 0.25) is 0 Å². The second-order valence-corrected chi connectivity index (χ2v) is 6.33. The van der Waals surface area contributed by atoms with Crippen LogP contribution in [0.3, 0.4) is 0 Å². The van der Waals surface area contributed by atoms with E-state index in [0.717, 1.165) is 7.11 Å². The normalized spacial score (nSPS) is 21.1. The van der Waals surface area contributed by atoms with Crippen molar-refractivity contribution in [2.24, 2.45) is 0 Å². The maximum absolute atomic E-state index is 11.1. The molecular formula is C3H9O10P3. The summed E-state index contributed by atoms with van der Waals surface area (Å²) in [5.74, 6) is 0. The number of phosphoric ester groups is 1. The molecule has 2 radical (unpaired) electrons. The van der Waals surface area contributed by atoms with Crippen molar-refractivity contribution in [3.05, 3.63) is 7.11 Å². The van der Waals surface area contributed by atoms with Gasteiger partial charge in [0.15, 0.2) is 6.79 Å². The van der Waals surface area contributed by atoms with Crippen LogP contribution in [-0.2, 0) is 31.3 Å². The van der Waals surface area contributed by atoms with Crippen LogP contribution in [0.15, 0.2) is 0 Å². The van der Waals surface area contributed by atoms with E-state index in [2.05, 4.69) is 29.3 Å². The molecule has 0 saturated heterocycles. The highest BCUT2D eigenvalue weighted by Gasteiger charge is 2.38. The third-order valence-corrected chi connectivity index (χ3v) is 4.72. The average molecular weight is 298 g/mol. The molecule has 10 nitrogen and oxygen atoms in total. The molecule has 16 heavy (non-hydrogen) atoms. The van der Waals surface area contributed by atoms with Crippen molar-refractivity contribution in [1.82, 2.24) is 0 Å². The zero-order valence-electron chi connectivity index (χ0n) is 7.83. The molecule has 0 spiro atoms. The zero-order valence-corrected chi connectivity index (χ0v) is 10.5. The van der Waals surface area contributed by atoms with E-state index in [-0.39, 0.29) is 0 Å². The van der Waals surface area contributed by atoms with Gasteiger partial charge in [0.2, 0.25) is 0 Å². The van der Waals surface area contributed by atoms with E-state index in [4.69, 9.17) is 14.9 Å². The first-order valence-electron chi connectivity index (χ1n) is 3.29. The Morgan fingerprint density at radius 2 is 1.88 bits per heavy atom. The first-order chi connectivity index (χ1) is 7.26. The van der Waals surface area contributed by atoms with Gasteiger partial charge >= 0.3 is 24.2 Å². The van der Waals surface area contributed by atoms with Gasteiger partial charge in [-0.1, -0.05) is 0 Å². The molecule has 96 valence electrons. The fraction of sp³-hybridized carbons (Fsp3) is 0.667. The van der Waals surface area contributed by atoms with Crippen LogP contribution in [0.1, 0.15) is 0 Å². The number of aliphatic hydroxyl groups excluding tert-OH is 1. The van der Waals surface area contributed by atoms with Gasteiger partial charge in [-0.2, -0.15) is 4.31 Å². The Kier molecular flexibility index (Phi) is 7.36. The molecule has 0 aromatic heterocycles. The van der Waals surface area contributed by atoms with Crippen molar-refractivity contribution in [3.8, 4) is 0 Å². The molecule has 0 fully saturated rings. The van der Waals surface area contributed by atoms with Gasteiger partial charge < -0.3 is 19.4 Å². The van der Waals surface area contributed by atoms with Crippen molar-refractivity contribution in [1.29, 1.82) is 0 Å². The molecule has 0 heterocycles. The van der Waals surface area contributed by atoms with Gasteiger partial charge in [-0.15, -0.1) is 0 Å². The summed E-state index contributed by atoms with van der Waals surface area (Å²) in [5.41, 5.74) is 0. The van der Waals surface area contributed by atoms with Crippen molar-refractivity contribution in [2.75, 3.05) is 13.9 Å². The van der Waals surface area contributed by atoms with Crippen molar-refractivity contribution < 1.29 is 46.2 Å². The van der Waals surface area contributed by atoms with Gasteiger partial charge in [-0.3, -0.25) is 9.05 Å². The molecule has 3 N–H and O–H groups in total. The summed E-state index contributed by atoms with van der Waals surface area (Å²) < 4.78 is 41.6. The predicted octanol–water partition coefficient (Wildman–Crippen LogP) is 0.745. The lowest BCUT2D eigenvalue weighted by atomic mass is 11.6. The zero-order chi connectivity index (χ0) is 12.8. The highest BCUT2D eigenvalue weighted by molar-refractivity contribution is 7.65. The van der Waals surface area contributed by atoms with Crippen LogP contribution < -0.4 is 0 Å². The Morgan fingerprint density at radius 1 is 1.31 bits per heavy atom. The van der Waals surface area contributed by atoms with E-state index in [1.54, 1.807) is 0 Å². The molecule has 3 atom stereocenters. The lowest BCUT2D eigenvalue weighted by Gasteiger charge is -2.17. The summed E-state index contributed by atoms with van der Waals surface area (Å²) >= 11 is 0. The summed E-state index contributed by atoms with van der Waals surface area (Å²) in [5, 5.41) is 8.32. The minimum Gasteiger partial charge on any atom is -0.370 e. The molecule has 0 aliphatic rings. The van der Waals surface area contributed by atoms with E-state index in [1.165, 1.54) is 0 Å². The molecule has 0 aliphatic carbocycles. The van der Waals surface area contributed by atoms with Crippen molar-refractivity contribution in [2.45, 2.75) is 0 Å². The lowest BCUT2D eigenvalue weighted by Crippen LogP contribution is -1.96. The third kappa shape index (κ3) is 7.01. The van der Waals surface area contributed by atoms with Crippen LogP contribution >= 0.6 is 24.2 Å². The van der Waals surface area contributed by atoms with Gasteiger partial charge in [0, 0.05) is 7.11 Å². The molecule has 13 heteroatoms. The molecule has 0 amide bonds. The van der Waals surface area contributed by atoms with Gasteiger partial charge in [0.1, 0.15) is 7.11 Å². The molecule has 0 aliphatic heterocycles. The minimum atomic E-state index is -4.98. The van der Waals surface area contributed by atoms with Gasteiger partial charge in [0.25, 0.3) is 0 Å². The predicted molar refractivity (Wildman–Crippen MR) is 49.3 cm³/mol. The van der Waals surface area contributed by atoms with E-state index in [1.807, 2.05) is 0 Å². The van der Waals surface area contributed by atoms with Crippen LogP contribution in [0, 0.1) is 7.11 Å². The number of hydrogen-bond acceptors (Lipinski definition) is 8. The largest absolute Gasteiger partial charge is 0.487 e. The monoisotopic (exact) mass is 298 g/mol. The smallest absolute Gasteiger partial charge is 0.370 e. The third-order valence-electron chi connectivity index (χ3n) is 0.822. The Balaban J connectivity index is 4.44. The Labute approximate surface area is 92.3 Å². The Hall–Kier alpha value is 0.570. The second-order valence-electron chi connectivity index (χ2n) is 1.87. The molecule has 0 saturated carbocycles. The molecule has 0 bridgehead atoms. The number of hydrogen-bond donors (Lipinski definition) is 3. The molecule has 3 unspecified atom stereocenters. The van der Waals surface area contributed by atoms with Crippen LogP contribution in [0.5, 0.6) is 0 Å². The van der Waals surface area contributed by atoms with Gasteiger partial charge in [-0.25, -0.2) is 13.4 Å². The second kappa shape index (κ2) is 7.10. The maximum Gasteiger partial charge on any atom is 0.487 e. The van der Waals surface area contributed by atoms with Gasteiger partial charge in [0.05, 0.1) is 0 Å². The first-order valence-corrected chi connectivity index (χ1v) is 7.38. The number of phosphoric acid groups is 2. The molecule has 0 aromatic carbocycles. The van der Waals surface area contributed by atoms with E-state index in [9.17, 15) is 9.13 Å². The Morgan fingerprint density at radius 3 is 2.25 bits per heavy atom. The van der Waals surface area contributed by atoms with E-state index >= 15 is 0 Å². The average Bonchev–Trinajstić information content (AvgIpc) is 2.15. The molecular weight excluding hydrogens is 289 g/mol. The van der Waals surface area contributed by atoms with E-state index in [0.29, 0.717) is 0 Å². The van der Waals surface area contributed by atoms with Crippen molar-refractivity contribution in [3.63, 3.8) is 0 Å². The SMILES string of the molecule is [CH]OP(=O)(O)OP(=O)(O)OP(OC)OCO. The summed E-state index contributed by atoms with van der Waals surface area (Å²) in [4.78, 5) is 17.6. The quantitative estimate of drug-likeness (QED) is 0.434. The fourth-order valence-electron chi connectivity index (χ4n) is 0.406. The highest BCUT2D eigenvalue weighted by Crippen LogP contribution is 2.66.